The number of aromatic nitrogens is 4. The zero-order valence-corrected chi connectivity index (χ0v) is 18.9. The minimum Gasteiger partial charge on any atom is -0.342 e. The molecule has 0 radical (unpaired) electrons. The number of pyridine rings is 1. The average molecular weight is 471 g/mol. The molecule has 4 rings (SSSR count). The lowest BCUT2D eigenvalue weighted by Gasteiger charge is -2.15. The van der Waals surface area contributed by atoms with Crippen molar-refractivity contribution >= 4 is 27.3 Å². The van der Waals surface area contributed by atoms with E-state index in [4.69, 9.17) is 16.9 Å². The fourth-order valence-corrected chi connectivity index (χ4v) is 4.12. The van der Waals surface area contributed by atoms with Gasteiger partial charge in [-0.15, -0.1) is 5.10 Å². The van der Waals surface area contributed by atoms with Gasteiger partial charge in [0.2, 0.25) is 0 Å². The van der Waals surface area contributed by atoms with Crippen molar-refractivity contribution in [2.75, 3.05) is 6.26 Å². The van der Waals surface area contributed by atoms with Crippen molar-refractivity contribution < 1.29 is 13.2 Å². The number of halogens is 1. The quantitative estimate of drug-likeness (QED) is 0.585. The van der Waals surface area contributed by atoms with Crippen molar-refractivity contribution in [3.05, 3.63) is 64.3 Å². The van der Waals surface area contributed by atoms with E-state index in [2.05, 4.69) is 20.4 Å². The van der Waals surface area contributed by atoms with E-state index < -0.39 is 21.8 Å². The van der Waals surface area contributed by atoms with Crippen molar-refractivity contribution in [3.8, 4) is 11.9 Å². The maximum atomic E-state index is 12.9. The lowest BCUT2D eigenvalue weighted by Crippen LogP contribution is -2.29. The van der Waals surface area contributed by atoms with Gasteiger partial charge in [0, 0.05) is 29.0 Å². The molecule has 1 fully saturated rings. The second-order valence-corrected chi connectivity index (χ2v) is 10.1. The number of nitrogens with one attached hydrogen (secondary N) is 1. The van der Waals surface area contributed by atoms with E-state index in [-0.39, 0.29) is 21.4 Å². The van der Waals surface area contributed by atoms with Crippen LogP contribution in [0.15, 0.2) is 41.4 Å². The van der Waals surface area contributed by atoms with Crippen LogP contribution in [0, 0.1) is 11.3 Å². The first kappa shape index (κ1) is 21.9. The summed E-state index contributed by atoms with van der Waals surface area (Å²) in [5.41, 5.74) is 0.538. The van der Waals surface area contributed by atoms with E-state index in [1.807, 2.05) is 6.07 Å². The molecule has 1 saturated carbocycles. The molecule has 1 aliphatic carbocycles. The molecule has 164 valence electrons. The standard InChI is InChI=1S/C21H19ClN6O3S/c1-12(25-21(29)15-7-16(22)9-17(8-15)32(2,30)31)20-26-19(14-4-5-14)27-28(20)18-6-3-13(10-23)11-24-18/h3,6-9,11-12,14H,4-5H2,1-2H3,(H,25,29)/t12-/m0/s1. The molecule has 1 N–H and O–H groups in total. The van der Waals surface area contributed by atoms with Crippen molar-refractivity contribution in [3.63, 3.8) is 0 Å². The number of nitrogens with zero attached hydrogens (tertiary/aromatic N) is 5. The molecule has 0 spiro atoms. The predicted octanol–water partition coefficient (Wildman–Crippen LogP) is 2.96. The normalized spacial score (nSPS) is 14.6. The van der Waals surface area contributed by atoms with Crippen LogP contribution in [0.4, 0.5) is 0 Å². The second-order valence-electron chi connectivity index (χ2n) is 7.67. The summed E-state index contributed by atoms with van der Waals surface area (Å²) in [6, 6.07) is 8.73. The SMILES string of the molecule is C[C@H](NC(=O)c1cc(Cl)cc(S(C)(=O)=O)c1)c1nc(C2CC2)nn1-c1ccc(C#N)cn1. The fourth-order valence-electron chi connectivity index (χ4n) is 3.13. The third kappa shape index (κ3) is 4.64. The van der Waals surface area contributed by atoms with Crippen LogP contribution in [-0.2, 0) is 9.84 Å². The molecule has 1 amide bonds. The number of nitriles is 1. The summed E-state index contributed by atoms with van der Waals surface area (Å²) in [6.07, 6.45) is 4.50. The van der Waals surface area contributed by atoms with Gasteiger partial charge >= 0.3 is 0 Å². The lowest BCUT2D eigenvalue weighted by atomic mass is 10.2. The van der Waals surface area contributed by atoms with Crippen molar-refractivity contribution in [1.82, 2.24) is 25.1 Å². The molecule has 11 heteroatoms. The Balaban J connectivity index is 1.65. The number of hydrogen-bond donors (Lipinski definition) is 1. The van der Waals surface area contributed by atoms with Crippen LogP contribution in [0.1, 0.15) is 59.3 Å². The molecule has 0 bridgehead atoms. The van der Waals surface area contributed by atoms with Gasteiger partial charge in [-0.05, 0) is 50.1 Å². The van der Waals surface area contributed by atoms with E-state index in [1.165, 1.54) is 24.4 Å². The van der Waals surface area contributed by atoms with Crippen LogP contribution >= 0.6 is 11.6 Å². The summed E-state index contributed by atoms with van der Waals surface area (Å²) in [6.45, 7) is 1.75. The zero-order valence-electron chi connectivity index (χ0n) is 17.3. The Morgan fingerprint density at radius 3 is 2.66 bits per heavy atom. The smallest absolute Gasteiger partial charge is 0.251 e. The first-order valence-electron chi connectivity index (χ1n) is 9.80. The minimum absolute atomic E-state index is 0.0382. The highest BCUT2D eigenvalue weighted by Crippen LogP contribution is 2.38. The van der Waals surface area contributed by atoms with Gasteiger partial charge in [0.15, 0.2) is 27.3 Å². The summed E-state index contributed by atoms with van der Waals surface area (Å²) < 4.78 is 25.3. The first-order valence-corrected chi connectivity index (χ1v) is 12.1. The summed E-state index contributed by atoms with van der Waals surface area (Å²) in [5.74, 6) is 1.40. The number of rotatable bonds is 6. The molecule has 3 aromatic rings. The van der Waals surface area contributed by atoms with Crippen LogP contribution in [0.3, 0.4) is 0 Å². The molecular weight excluding hydrogens is 452 g/mol. The Labute approximate surface area is 190 Å². The average Bonchev–Trinajstić information content (AvgIpc) is 3.51. The molecule has 1 atom stereocenters. The van der Waals surface area contributed by atoms with Gasteiger partial charge in [0.05, 0.1) is 16.5 Å². The molecule has 0 saturated heterocycles. The maximum absolute atomic E-state index is 12.9. The number of carbonyl (C=O) groups excluding carboxylic acids is 1. The highest BCUT2D eigenvalue weighted by molar-refractivity contribution is 7.90. The Kier molecular flexibility index (Phi) is 5.71. The Morgan fingerprint density at radius 1 is 1.31 bits per heavy atom. The zero-order chi connectivity index (χ0) is 23.0. The van der Waals surface area contributed by atoms with Crippen molar-refractivity contribution in [1.29, 1.82) is 5.26 Å². The van der Waals surface area contributed by atoms with Crippen LogP contribution in [0.2, 0.25) is 5.02 Å². The molecule has 1 aromatic carbocycles. The minimum atomic E-state index is -3.53. The topological polar surface area (TPSA) is 131 Å². The second kappa shape index (κ2) is 8.33. The van der Waals surface area contributed by atoms with Crippen LogP contribution in [0.5, 0.6) is 0 Å². The molecule has 1 aliphatic rings. The van der Waals surface area contributed by atoms with Gasteiger partial charge in [-0.1, -0.05) is 11.6 Å². The Bertz CT molecular complexity index is 1340. The fraction of sp³-hybridized carbons (Fsp3) is 0.286. The first-order chi connectivity index (χ1) is 15.2. The molecule has 0 unspecified atom stereocenters. The van der Waals surface area contributed by atoms with E-state index in [9.17, 15) is 13.2 Å². The maximum Gasteiger partial charge on any atom is 0.251 e. The third-order valence-corrected chi connectivity index (χ3v) is 6.29. The lowest BCUT2D eigenvalue weighted by molar-refractivity contribution is 0.0937. The Morgan fingerprint density at radius 2 is 2.06 bits per heavy atom. The highest BCUT2D eigenvalue weighted by atomic mass is 35.5. The monoisotopic (exact) mass is 470 g/mol. The van der Waals surface area contributed by atoms with E-state index in [0.717, 1.165) is 19.1 Å². The summed E-state index contributed by atoms with van der Waals surface area (Å²) in [5, 5.41) is 16.5. The summed E-state index contributed by atoms with van der Waals surface area (Å²) in [7, 11) is -3.53. The van der Waals surface area contributed by atoms with Crippen LogP contribution in [-0.4, -0.2) is 40.3 Å². The van der Waals surface area contributed by atoms with E-state index in [1.54, 1.807) is 23.7 Å². The van der Waals surface area contributed by atoms with Gasteiger partial charge in [0.1, 0.15) is 6.07 Å². The van der Waals surface area contributed by atoms with Crippen molar-refractivity contribution in [2.45, 2.75) is 36.6 Å². The molecule has 32 heavy (non-hydrogen) atoms. The molecular formula is C21H19ClN6O3S. The van der Waals surface area contributed by atoms with Gasteiger partial charge in [-0.25, -0.2) is 18.4 Å². The molecule has 0 aliphatic heterocycles. The van der Waals surface area contributed by atoms with Gasteiger partial charge in [-0.3, -0.25) is 4.79 Å². The molecule has 2 aromatic heterocycles. The van der Waals surface area contributed by atoms with Gasteiger partial charge in [0.25, 0.3) is 5.91 Å². The number of sulfone groups is 1. The van der Waals surface area contributed by atoms with Gasteiger partial charge < -0.3 is 5.32 Å². The summed E-state index contributed by atoms with van der Waals surface area (Å²) in [4.78, 5) is 21.7. The third-order valence-electron chi connectivity index (χ3n) is 4.98. The van der Waals surface area contributed by atoms with Crippen LogP contribution in [0.25, 0.3) is 5.82 Å². The number of hydrogen-bond acceptors (Lipinski definition) is 7. The number of benzene rings is 1. The largest absolute Gasteiger partial charge is 0.342 e. The van der Waals surface area contributed by atoms with Crippen molar-refractivity contribution in [2.24, 2.45) is 0 Å². The predicted molar refractivity (Wildman–Crippen MR) is 116 cm³/mol. The molecule has 2 heterocycles. The highest BCUT2D eigenvalue weighted by Gasteiger charge is 2.31. The molecule has 9 nitrogen and oxygen atoms in total. The van der Waals surface area contributed by atoms with Gasteiger partial charge in [-0.2, -0.15) is 9.94 Å². The van der Waals surface area contributed by atoms with Crippen LogP contribution < -0.4 is 5.32 Å². The Hall–Kier alpha value is -3.29. The van der Waals surface area contributed by atoms with E-state index >= 15 is 0 Å². The van der Waals surface area contributed by atoms with E-state index in [0.29, 0.717) is 23.0 Å². The summed E-state index contributed by atoms with van der Waals surface area (Å²) >= 11 is 6.03. The number of amides is 1. The number of carbonyl (C=O) groups is 1.